The number of sulfonamides is 1. The van der Waals surface area contributed by atoms with E-state index in [0.717, 1.165) is 15.8 Å². The lowest BCUT2D eigenvalue weighted by molar-refractivity contribution is -0.384. The van der Waals surface area contributed by atoms with Crippen molar-refractivity contribution in [2.24, 2.45) is 0 Å². The van der Waals surface area contributed by atoms with E-state index >= 15 is 0 Å². The Morgan fingerprint density at radius 3 is 2.59 bits per heavy atom. The van der Waals surface area contributed by atoms with Crippen LogP contribution in [0.2, 0.25) is 0 Å². The standard InChI is InChI=1S/C19H15N3O6S/c1-28-16-9-8-13(22(24)25)10-14(16)20-18(23)11-21-15-6-2-4-12-5-3-7-17(19(12)15)29(21,26)27/h2-10H,11H2,1H3,(H,20,23). The van der Waals surface area contributed by atoms with E-state index in [4.69, 9.17) is 4.74 Å². The van der Waals surface area contributed by atoms with Crippen molar-refractivity contribution in [2.75, 3.05) is 23.3 Å². The van der Waals surface area contributed by atoms with E-state index < -0.39 is 27.4 Å². The molecule has 1 N–H and O–H groups in total. The summed E-state index contributed by atoms with van der Waals surface area (Å²) in [7, 11) is -2.53. The highest BCUT2D eigenvalue weighted by atomic mass is 32.2. The summed E-state index contributed by atoms with van der Waals surface area (Å²) in [6, 6.07) is 13.9. The number of nitro benzene ring substituents is 1. The Balaban J connectivity index is 1.66. The van der Waals surface area contributed by atoms with E-state index in [9.17, 15) is 23.3 Å². The molecule has 4 rings (SSSR count). The third-order valence-corrected chi connectivity index (χ3v) is 6.44. The number of hydrogen-bond donors (Lipinski definition) is 1. The monoisotopic (exact) mass is 413 g/mol. The lowest BCUT2D eigenvalue weighted by atomic mass is 10.1. The maximum atomic E-state index is 13.0. The van der Waals surface area contributed by atoms with Crippen LogP contribution in [-0.4, -0.2) is 32.9 Å². The largest absolute Gasteiger partial charge is 0.495 e. The summed E-state index contributed by atoms with van der Waals surface area (Å²) in [6.45, 7) is -0.484. The van der Waals surface area contributed by atoms with Crippen molar-refractivity contribution in [3.63, 3.8) is 0 Å². The lowest BCUT2D eigenvalue weighted by Gasteiger charge is -2.18. The Morgan fingerprint density at radius 1 is 1.17 bits per heavy atom. The normalized spacial score (nSPS) is 14.0. The first kappa shape index (κ1) is 18.7. The van der Waals surface area contributed by atoms with E-state index in [1.165, 1.54) is 25.3 Å². The molecule has 0 radical (unpaired) electrons. The van der Waals surface area contributed by atoms with Gasteiger partial charge in [-0.25, -0.2) is 8.42 Å². The maximum Gasteiger partial charge on any atom is 0.271 e. The number of ether oxygens (including phenoxy) is 1. The molecule has 0 unspecified atom stereocenters. The molecule has 29 heavy (non-hydrogen) atoms. The van der Waals surface area contributed by atoms with Crippen molar-refractivity contribution < 1.29 is 22.9 Å². The first-order chi connectivity index (χ1) is 13.8. The molecular formula is C19H15N3O6S. The molecule has 1 amide bonds. The Bertz CT molecular complexity index is 1270. The SMILES string of the molecule is COc1ccc([N+](=O)[O-])cc1NC(=O)CN1c2cccc3cccc(c23)S1(=O)=O. The Morgan fingerprint density at radius 2 is 1.90 bits per heavy atom. The zero-order valence-electron chi connectivity index (χ0n) is 15.2. The van der Waals surface area contributed by atoms with Crippen LogP contribution in [0.5, 0.6) is 5.75 Å². The van der Waals surface area contributed by atoms with Gasteiger partial charge in [0.15, 0.2) is 0 Å². The minimum atomic E-state index is -3.89. The second-order valence-electron chi connectivity index (χ2n) is 6.33. The first-order valence-corrected chi connectivity index (χ1v) is 9.93. The zero-order chi connectivity index (χ0) is 20.8. The van der Waals surface area contributed by atoms with Gasteiger partial charge in [-0.1, -0.05) is 24.3 Å². The third-order valence-electron chi connectivity index (χ3n) is 4.64. The molecule has 0 atom stereocenters. The van der Waals surface area contributed by atoms with Crippen molar-refractivity contribution >= 4 is 43.8 Å². The molecule has 148 valence electrons. The minimum Gasteiger partial charge on any atom is -0.495 e. The van der Waals surface area contributed by atoms with Gasteiger partial charge in [0.25, 0.3) is 15.7 Å². The van der Waals surface area contributed by atoms with Crippen LogP contribution >= 0.6 is 0 Å². The zero-order valence-corrected chi connectivity index (χ0v) is 16.0. The highest BCUT2D eigenvalue weighted by Gasteiger charge is 2.36. The highest BCUT2D eigenvalue weighted by molar-refractivity contribution is 7.93. The average Bonchev–Trinajstić information content (AvgIpc) is 2.91. The summed E-state index contributed by atoms with van der Waals surface area (Å²) in [5.74, 6) is -0.434. The molecule has 3 aromatic rings. The molecule has 0 bridgehead atoms. The number of methoxy groups -OCH3 is 1. The van der Waals surface area contributed by atoms with Gasteiger partial charge in [-0.15, -0.1) is 0 Å². The number of anilines is 2. The topological polar surface area (TPSA) is 119 Å². The number of carbonyl (C=O) groups excluding carboxylic acids is 1. The van der Waals surface area contributed by atoms with Gasteiger partial charge in [-0.3, -0.25) is 19.2 Å². The number of nitrogens with one attached hydrogen (secondary N) is 1. The summed E-state index contributed by atoms with van der Waals surface area (Å²) < 4.78 is 32.1. The van der Waals surface area contributed by atoms with E-state index in [2.05, 4.69) is 5.32 Å². The molecule has 0 spiro atoms. The van der Waals surface area contributed by atoms with Crippen LogP contribution < -0.4 is 14.4 Å². The molecule has 1 heterocycles. The fourth-order valence-electron chi connectivity index (χ4n) is 3.36. The summed E-state index contributed by atoms with van der Waals surface area (Å²) >= 11 is 0. The van der Waals surface area contributed by atoms with Gasteiger partial charge in [0.05, 0.1) is 28.3 Å². The van der Waals surface area contributed by atoms with Gasteiger partial charge in [0.2, 0.25) is 5.91 Å². The summed E-state index contributed by atoms with van der Waals surface area (Å²) in [5.41, 5.74) is 0.269. The Labute approximate surface area is 165 Å². The van der Waals surface area contributed by atoms with Crippen molar-refractivity contribution in [1.29, 1.82) is 0 Å². The second-order valence-corrected chi connectivity index (χ2v) is 8.16. The number of nitrogens with zero attached hydrogens (tertiary/aromatic N) is 2. The van der Waals surface area contributed by atoms with Crippen LogP contribution in [0.25, 0.3) is 10.8 Å². The predicted octanol–water partition coefficient (Wildman–Crippen LogP) is 2.90. The van der Waals surface area contributed by atoms with Gasteiger partial charge in [-0.2, -0.15) is 0 Å². The summed E-state index contributed by atoms with van der Waals surface area (Å²) in [6.07, 6.45) is 0. The molecule has 1 aliphatic heterocycles. The number of nitro groups is 1. The van der Waals surface area contributed by atoms with Gasteiger partial charge in [0.1, 0.15) is 12.3 Å². The molecule has 0 aromatic heterocycles. The summed E-state index contributed by atoms with van der Waals surface area (Å²) in [4.78, 5) is 23.2. The average molecular weight is 413 g/mol. The second kappa shape index (κ2) is 6.74. The highest BCUT2D eigenvalue weighted by Crippen LogP contribution is 2.41. The van der Waals surface area contributed by atoms with Crippen molar-refractivity contribution in [2.45, 2.75) is 4.90 Å². The van der Waals surface area contributed by atoms with Gasteiger partial charge in [-0.05, 0) is 23.6 Å². The molecule has 0 fully saturated rings. The first-order valence-electron chi connectivity index (χ1n) is 8.49. The predicted molar refractivity (Wildman–Crippen MR) is 107 cm³/mol. The van der Waals surface area contributed by atoms with E-state index in [1.54, 1.807) is 30.3 Å². The quantitative estimate of drug-likeness (QED) is 0.507. The van der Waals surface area contributed by atoms with Gasteiger partial charge >= 0.3 is 0 Å². The van der Waals surface area contributed by atoms with Crippen LogP contribution in [-0.2, 0) is 14.8 Å². The number of benzene rings is 3. The molecule has 1 aliphatic rings. The number of rotatable bonds is 5. The molecule has 0 aliphatic carbocycles. The Hall–Kier alpha value is -3.66. The van der Waals surface area contributed by atoms with Crippen molar-refractivity contribution in [3.05, 3.63) is 64.7 Å². The maximum absolute atomic E-state index is 13.0. The summed E-state index contributed by atoms with van der Waals surface area (Å²) in [5, 5.41) is 14.8. The smallest absolute Gasteiger partial charge is 0.271 e. The van der Waals surface area contributed by atoms with E-state index in [0.29, 0.717) is 11.1 Å². The van der Waals surface area contributed by atoms with Crippen molar-refractivity contribution in [1.82, 2.24) is 0 Å². The van der Waals surface area contributed by atoms with Crippen molar-refractivity contribution in [3.8, 4) is 5.75 Å². The molecule has 0 saturated carbocycles. The number of hydrogen-bond acceptors (Lipinski definition) is 6. The van der Waals surface area contributed by atoms with Crippen LogP contribution in [0.15, 0.2) is 59.5 Å². The molecular weight excluding hydrogens is 398 g/mol. The molecule has 0 saturated heterocycles. The minimum absolute atomic E-state index is 0.0824. The fraction of sp³-hybridized carbons (Fsp3) is 0.105. The van der Waals surface area contributed by atoms with Crippen LogP contribution in [0.1, 0.15) is 0 Å². The van der Waals surface area contributed by atoms with E-state index in [1.807, 2.05) is 0 Å². The Kier molecular flexibility index (Phi) is 4.35. The number of carbonyl (C=O) groups is 1. The fourth-order valence-corrected chi connectivity index (χ4v) is 5.02. The lowest BCUT2D eigenvalue weighted by Crippen LogP contribution is -2.35. The third kappa shape index (κ3) is 3.03. The van der Waals surface area contributed by atoms with Gasteiger partial charge < -0.3 is 10.1 Å². The van der Waals surface area contributed by atoms with Gasteiger partial charge in [0, 0.05) is 17.5 Å². The number of non-ortho nitro benzene ring substituents is 1. The van der Waals surface area contributed by atoms with Crippen LogP contribution in [0, 0.1) is 10.1 Å². The van der Waals surface area contributed by atoms with Crippen LogP contribution in [0.4, 0.5) is 17.1 Å². The van der Waals surface area contributed by atoms with E-state index in [-0.39, 0.29) is 22.0 Å². The molecule has 10 heteroatoms. The molecule has 3 aromatic carbocycles. The van der Waals surface area contributed by atoms with Crippen LogP contribution in [0.3, 0.4) is 0 Å². The molecule has 9 nitrogen and oxygen atoms in total. The number of amides is 1.